The van der Waals surface area contributed by atoms with Crippen LogP contribution >= 0.6 is 0 Å². The van der Waals surface area contributed by atoms with Gasteiger partial charge in [-0.1, -0.05) is 90.5 Å². The number of amides is 2. The third-order valence-corrected chi connectivity index (χ3v) is 7.12. The van der Waals surface area contributed by atoms with Crippen LogP contribution in [0.15, 0.2) is 103 Å². The molecule has 0 N–H and O–H groups in total. The maximum atomic E-state index is 13.6. The Morgan fingerprint density at radius 1 is 0.656 bits per heavy atom. The van der Waals surface area contributed by atoms with Crippen LogP contribution in [0.25, 0.3) is 5.57 Å². The first kappa shape index (κ1) is 19.0. The van der Waals surface area contributed by atoms with E-state index in [-0.39, 0.29) is 35.5 Å². The summed E-state index contributed by atoms with van der Waals surface area (Å²) in [4.78, 5) is 28.5. The van der Waals surface area contributed by atoms with Crippen molar-refractivity contribution >= 4 is 23.1 Å². The second kappa shape index (κ2) is 7.16. The van der Waals surface area contributed by atoms with E-state index in [0.29, 0.717) is 5.69 Å². The van der Waals surface area contributed by atoms with Crippen LogP contribution in [-0.2, 0) is 9.59 Å². The number of anilines is 1. The summed E-state index contributed by atoms with van der Waals surface area (Å²) >= 11 is 0. The van der Waals surface area contributed by atoms with Crippen molar-refractivity contribution in [1.29, 1.82) is 0 Å². The minimum absolute atomic E-state index is 0.0488. The molecule has 1 aliphatic heterocycles. The molecule has 2 fully saturated rings. The Morgan fingerprint density at radius 3 is 1.59 bits per heavy atom. The molecular weight excluding hydrogens is 394 g/mol. The highest BCUT2D eigenvalue weighted by Crippen LogP contribution is 2.58. The minimum Gasteiger partial charge on any atom is -0.274 e. The van der Waals surface area contributed by atoms with E-state index in [1.54, 1.807) is 0 Å². The maximum Gasteiger partial charge on any atom is 0.238 e. The Kier molecular flexibility index (Phi) is 4.25. The minimum atomic E-state index is -0.323. The van der Waals surface area contributed by atoms with E-state index >= 15 is 0 Å². The van der Waals surface area contributed by atoms with Gasteiger partial charge in [0.05, 0.1) is 17.5 Å². The van der Waals surface area contributed by atoms with Gasteiger partial charge in [0.1, 0.15) is 0 Å². The Morgan fingerprint density at radius 2 is 1.12 bits per heavy atom. The summed E-state index contributed by atoms with van der Waals surface area (Å²) < 4.78 is 0. The van der Waals surface area contributed by atoms with E-state index in [1.807, 2.05) is 67.6 Å². The van der Waals surface area contributed by atoms with Gasteiger partial charge in [0, 0.05) is 11.8 Å². The predicted octanol–water partition coefficient (Wildman–Crippen LogP) is 5.42. The van der Waals surface area contributed by atoms with Crippen molar-refractivity contribution in [2.45, 2.75) is 6.92 Å². The number of carbonyl (C=O) groups excluding carboxylic acids is 2. The topological polar surface area (TPSA) is 37.4 Å². The number of nitrogens with zero attached hydrogens (tertiary/aromatic N) is 1. The van der Waals surface area contributed by atoms with Gasteiger partial charge in [-0.2, -0.15) is 0 Å². The lowest BCUT2D eigenvalue weighted by atomic mass is 9.85. The van der Waals surface area contributed by atoms with Crippen LogP contribution < -0.4 is 4.90 Å². The van der Waals surface area contributed by atoms with Crippen molar-refractivity contribution in [2.75, 3.05) is 4.90 Å². The number of fused-ring (bicyclic) bond motifs is 5. The van der Waals surface area contributed by atoms with Gasteiger partial charge in [-0.3, -0.25) is 9.59 Å². The standard InChI is InChI=1S/C29H23NO2/c1-18-12-14-21(15-13-18)30-28(31)26-22-16-17-23(27(26)29(30)32)25(22)24(19-8-4-2-5-9-19)20-10-6-3-7-11-20/h2-17,22-23,26-27H,1H3. The quantitative estimate of drug-likeness (QED) is 0.422. The van der Waals surface area contributed by atoms with E-state index in [1.165, 1.54) is 10.5 Å². The van der Waals surface area contributed by atoms with Crippen LogP contribution in [0, 0.1) is 30.6 Å². The van der Waals surface area contributed by atoms with Crippen molar-refractivity contribution in [3.8, 4) is 0 Å². The number of allylic oxidation sites excluding steroid dienone is 3. The molecule has 2 aliphatic carbocycles. The molecule has 3 heteroatoms. The van der Waals surface area contributed by atoms with Gasteiger partial charge < -0.3 is 0 Å². The van der Waals surface area contributed by atoms with Crippen molar-refractivity contribution in [1.82, 2.24) is 0 Å². The number of carbonyl (C=O) groups is 2. The molecule has 1 saturated carbocycles. The molecule has 0 aromatic heterocycles. The molecule has 4 atom stereocenters. The number of benzene rings is 3. The fourth-order valence-electron chi connectivity index (χ4n) is 5.75. The summed E-state index contributed by atoms with van der Waals surface area (Å²) in [5.74, 6) is -0.885. The highest BCUT2D eigenvalue weighted by Gasteiger charge is 2.62. The van der Waals surface area contributed by atoms with Crippen LogP contribution in [0.4, 0.5) is 5.69 Å². The van der Waals surface area contributed by atoms with Crippen LogP contribution in [0.5, 0.6) is 0 Å². The summed E-state index contributed by atoms with van der Waals surface area (Å²) in [6.07, 6.45) is 4.30. The zero-order valence-corrected chi connectivity index (χ0v) is 17.8. The first-order valence-electron chi connectivity index (χ1n) is 11.1. The molecule has 3 aromatic rings. The van der Waals surface area contributed by atoms with Crippen molar-refractivity contribution in [3.05, 3.63) is 119 Å². The van der Waals surface area contributed by atoms with Crippen LogP contribution in [0.1, 0.15) is 16.7 Å². The molecule has 156 valence electrons. The Balaban J connectivity index is 1.48. The van der Waals surface area contributed by atoms with Crippen molar-refractivity contribution < 1.29 is 9.59 Å². The third-order valence-electron chi connectivity index (χ3n) is 7.12. The highest BCUT2D eigenvalue weighted by molar-refractivity contribution is 6.23. The molecule has 1 heterocycles. The smallest absolute Gasteiger partial charge is 0.238 e. The van der Waals surface area contributed by atoms with E-state index in [2.05, 4.69) is 36.4 Å². The molecule has 3 aliphatic rings. The molecule has 1 saturated heterocycles. The van der Waals surface area contributed by atoms with Crippen LogP contribution in [0.3, 0.4) is 0 Å². The SMILES string of the molecule is Cc1ccc(N2C(=O)C3C4C=CC(C4=C(c4ccccc4)c4ccccc4)C3C2=O)cc1. The van der Waals surface area contributed by atoms with Gasteiger partial charge >= 0.3 is 0 Å². The lowest BCUT2D eigenvalue weighted by molar-refractivity contribution is -0.122. The lowest BCUT2D eigenvalue weighted by Crippen LogP contribution is -2.33. The molecule has 4 unspecified atom stereocenters. The molecule has 2 amide bonds. The molecule has 0 radical (unpaired) electrons. The molecule has 3 aromatic carbocycles. The number of imide groups is 1. The number of hydrogen-bond donors (Lipinski definition) is 0. The maximum absolute atomic E-state index is 13.6. The summed E-state index contributed by atoms with van der Waals surface area (Å²) in [5.41, 5.74) is 6.41. The van der Waals surface area contributed by atoms with Gasteiger partial charge in [0.15, 0.2) is 0 Å². The van der Waals surface area contributed by atoms with Gasteiger partial charge in [0.25, 0.3) is 0 Å². The predicted molar refractivity (Wildman–Crippen MR) is 126 cm³/mol. The van der Waals surface area contributed by atoms with Crippen LogP contribution in [0.2, 0.25) is 0 Å². The second-order valence-electron chi connectivity index (χ2n) is 8.90. The molecule has 32 heavy (non-hydrogen) atoms. The van der Waals surface area contributed by atoms with E-state index in [0.717, 1.165) is 22.3 Å². The van der Waals surface area contributed by atoms with Gasteiger partial charge in [0.2, 0.25) is 11.8 Å². The number of aryl methyl sites for hydroxylation is 1. The molecule has 6 rings (SSSR count). The Bertz CT molecular complexity index is 1200. The third kappa shape index (κ3) is 2.67. The molecule has 3 nitrogen and oxygen atoms in total. The van der Waals surface area contributed by atoms with E-state index in [9.17, 15) is 9.59 Å². The van der Waals surface area contributed by atoms with Crippen molar-refractivity contribution in [3.63, 3.8) is 0 Å². The van der Waals surface area contributed by atoms with Crippen molar-refractivity contribution in [2.24, 2.45) is 23.7 Å². The van der Waals surface area contributed by atoms with Crippen LogP contribution in [-0.4, -0.2) is 11.8 Å². The first-order chi connectivity index (χ1) is 15.6. The summed E-state index contributed by atoms with van der Waals surface area (Å²) in [5, 5.41) is 0. The Hall–Kier alpha value is -3.72. The van der Waals surface area contributed by atoms with Gasteiger partial charge in [-0.25, -0.2) is 4.90 Å². The fraction of sp³-hybridized carbons (Fsp3) is 0.172. The summed E-state index contributed by atoms with van der Waals surface area (Å²) in [6, 6.07) is 28.3. The molecule has 0 spiro atoms. The summed E-state index contributed by atoms with van der Waals surface area (Å²) in [6.45, 7) is 2.00. The second-order valence-corrected chi connectivity index (χ2v) is 8.90. The van der Waals surface area contributed by atoms with E-state index < -0.39 is 0 Å². The molecular formula is C29H23NO2. The zero-order valence-electron chi connectivity index (χ0n) is 17.8. The Labute approximate surface area is 187 Å². The number of rotatable bonds is 3. The average Bonchev–Trinajstić information content (AvgIpc) is 3.46. The number of hydrogen-bond acceptors (Lipinski definition) is 2. The monoisotopic (exact) mass is 417 g/mol. The molecule has 2 bridgehead atoms. The fourth-order valence-corrected chi connectivity index (χ4v) is 5.75. The highest BCUT2D eigenvalue weighted by atomic mass is 16.2. The normalized spacial score (nSPS) is 25.5. The summed E-state index contributed by atoms with van der Waals surface area (Å²) in [7, 11) is 0. The van der Waals surface area contributed by atoms with Gasteiger partial charge in [-0.15, -0.1) is 0 Å². The lowest BCUT2D eigenvalue weighted by Gasteiger charge is -2.21. The van der Waals surface area contributed by atoms with Gasteiger partial charge in [-0.05, 0) is 41.3 Å². The zero-order chi connectivity index (χ0) is 21.8. The average molecular weight is 418 g/mol. The largest absolute Gasteiger partial charge is 0.274 e. The first-order valence-corrected chi connectivity index (χ1v) is 11.1. The van der Waals surface area contributed by atoms with E-state index in [4.69, 9.17) is 0 Å².